The van der Waals surface area contributed by atoms with E-state index in [2.05, 4.69) is 4.98 Å². The number of hydrogen-bond acceptors (Lipinski definition) is 5. The van der Waals surface area contributed by atoms with Gasteiger partial charge in [-0.05, 0) is 13.3 Å². The molecule has 0 saturated heterocycles. The summed E-state index contributed by atoms with van der Waals surface area (Å²) in [6.07, 6.45) is 2.51. The largest absolute Gasteiger partial charge is 0.496 e. The summed E-state index contributed by atoms with van der Waals surface area (Å²) in [5.74, 6) is 0.938. The van der Waals surface area contributed by atoms with Gasteiger partial charge in [0.1, 0.15) is 5.75 Å². The van der Waals surface area contributed by atoms with Crippen LogP contribution in [0.3, 0.4) is 0 Å². The molecule has 0 aliphatic heterocycles. The quantitative estimate of drug-likeness (QED) is 0.706. The van der Waals surface area contributed by atoms with Crippen LogP contribution in [0.4, 0.5) is 0 Å². The first-order valence-corrected chi connectivity index (χ1v) is 5.43. The normalized spacial score (nSPS) is 9.82. The Labute approximate surface area is 101 Å². The van der Waals surface area contributed by atoms with Crippen LogP contribution in [-0.2, 0) is 16.0 Å². The number of ether oxygens (including phenoxy) is 3. The number of nitrogens with zero attached hydrogens (tertiary/aromatic N) is 1. The van der Waals surface area contributed by atoms with Gasteiger partial charge in [-0.1, -0.05) is 0 Å². The topological polar surface area (TPSA) is 57.7 Å². The Morgan fingerprint density at radius 2 is 2.12 bits per heavy atom. The second-order valence-corrected chi connectivity index (χ2v) is 3.34. The predicted molar refractivity (Wildman–Crippen MR) is 62.3 cm³/mol. The van der Waals surface area contributed by atoms with Gasteiger partial charge >= 0.3 is 5.97 Å². The number of pyridine rings is 1. The lowest BCUT2D eigenvalue weighted by Gasteiger charge is -2.09. The van der Waals surface area contributed by atoms with E-state index < -0.39 is 0 Å². The maximum atomic E-state index is 11.2. The predicted octanol–water partition coefficient (Wildman–Crippen LogP) is 1.59. The number of hydrogen-bond donors (Lipinski definition) is 0. The highest BCUT2D eigenvalue weighted by molar-refractivity contribution is 5.69. The molecule has 0 spiro atoms. The van der Waals surface area contributed by atoms with Crippen molar-refractivity contribution in [3.63, 3.8) is 0 Å². The molecular formula is C12H17NO4. The van der Waals surface area contributed by atoms with E-state index in [0.717, 1.165) is 5.56 Å². The molecule has 0 radical (unpaired) electrons. The molecular weight excluding hydrogens is 222 g/mol. The maximum absolute atomic E-state index is 11.2. The second-order valence-electron chi connectivity index (χ2n) is 3.34. The monoisotopic (exact) mass is 239 g/mol. The third-order valence-corrected chi connectivity index (χ3v) is 2.25. The number of carbonyl (C=O) groups is 1. The third kappa shape index (κ3) is 3.94. The average molecular weight is 239 g/mol. The Hall–Kier alpha value is -1.78. The minimum atomic E-state index is -0.217. The maximum Gasteiger partial charge on any atom is 0.306 e. The van der Waals surface area contributed by atoms with Gasteiger partial charge in [0.15, 0.2) is 0 Å². The average Bonchev–Trinajstić information content (AvgIpc) is 2.36. The fourth-order valence-corrected chi connectivity index (χ4v) is 1.41. The Balaban J connectivity index is 2.67. The molecule has 1 rings (SSSR count). The molecule has 0 bridgehead atoms. The molecule has 1 heterocycles. The summed E-state index contributed by atoms with van der Waals surface area (Å²) in [4.78, 5) is 15.3. The van der Waals surface area contributed by atoms with Crippen LogP contribution in [0.2, 0.25) is 0 Å². The zero-order chi connectivity index (χ0) is 12.7. The van der Waals surface area contributed by atoms with Gasteiger partial charge in [-0.15, -0.1) is 0 Å². The standard InChI is InChI=1S/C12H17NO4/c1-4-17-12(14)6-5-9-8-13-11(16-3)7-10(9)15-2/h7-8H,4-6H2,1-3H3. The van der Waals surface area contributed by atoms with Crippen LogP contribution >= 0.6 is 0 Å². The molecule has 0 aliphatic rings. The molecule has 0 aromatic carbocycles. The van der Waals surface area contributed by atoms with Crippen molar-refractivity contribution < 1.29 is 19.0 Å². The summed E-state index contributed by atoms with van der Waals surface area (Å²) in [6.45, 7) is 2.18. The summed E-state index contributed by atoms with van der Waals surface area (Å²) in [5, 5.41) is 0. The first-order valence-electron chi connectivity index (χ1n) is 5.43. The van der Waals surface area contributed by atoms with Crippen LogP contribution in [0.1, 0.15) is 18.9 Å². The van der Waals surface area contributed by atoms with Gasteiger partial charge in [-0.25, -0.2) is 4.98 Å². The van der Waals surface area contributed by atoms with E-state index >= 15 is 0 Å². The summed E-state index contributed by atoms with van der Waals surface area (Å²) in [6, 6.07) is 1.69. The van der Waals surface area contributed by atoms with Gasteiger partial charge in [0.2, 0.25) is 5.88 Å². The molecule has 0 fully saturated rings. The number of methoxy groups -OCH3 is 2. The van der Waals surface area contributed by atoms with Gasteiger partial charge in [0, 0.05) is 24.2 Å². The number of aromatic nitrogens is 1. The Kier molecular flexibility index (Phi) is 5.26. The van der Waals surface area contributed by atoms with Crippen molar-refractivity contribution in [1.82, 2.24) is 4.98 Å². The number of rotatable bonds is 6. The van der Waals surface area contributed by atoms with Crippen LogP contribution in [0, 0.1) is 0 Å². The summed E-state index contributed by atoms with van der Waals surface area (Å²) < 4.78 is 15.1. The van der Waals surface area contributed by atoms with E-state index in [1.54, 1.807) is 33.4 Å². The molecule has 0 atom stereocenters. The van der Waals surface area contributed by atoms with E-state index in [-0.39, 0.29) is 5.97 Å². The first-order chi connectivity index (χ1) is 8.21. The summed E-state index contributed by atoms with van der Waals surface area (Å²) in [5.41, 5.74) is 0.862. The molecule has 1 aromatic heterocycles. The molecule has 5 nitrogen and oxygen atoms in total. The minimum absolute atomic E-state index is 0.217. The van der Waals surface area contributed by atoms with E-state index in [4.69, 9.17) is 14.2 Å². The van der Waals surface area contributed by atoms with Crippen molar-refractivity contribution in [1.29, 1.82) is 0 Å². The van der Waals surface area contributed by atoms with Crippen molar-refractivity contribution in [2.75, 3.05) is 20.8 Å². The summed E-state index contributed by atoms with van der Waals surface area (Å²) in [7, 11) is 3.11. The zero-order valence-corrected chi connectivity index (χ0v) is 10.4. The highest BCUT2D eigenvalue weighted by atomic mass is 16.5. The Morgan fingerprint density at radius 3 is 2.71 bits per heavy atom. The number of carbonyl (C=O) groups excluding carboxylic acids is 1. The van der Waals surface area contributed by atoms with E-state index in [0.29, 0.717) is 31.1 Å². The van der Waals surface area contributed by atoms with Crippen LogP contribution in [0.25, 0.3) is 0 Å². The molecule has 0 amide bonds. The molecule has 0 unspecified atom stereocenters. The lowest BCUT2D eigenvalue weighted by molar-refractivity contribution is -0.143. The van der Waals surface area contributed by atoms with E-state index in [1.807, 2.05) is 0 Å². The highest BCUT2D eigenvalue weighted by Gasteiger charge is 2.09. The van der Waals surface area contributed by atoms with Crippen LogP contribution in [0.5, 0.6) is 11.6 Å². The highest BCUT2D eigenvalue weighted by Crippen LogP contribution is 2.23. The first kappa shape index (κ1) is 13.3. The lowest BCUT2D eigenvalue weighted by Crippen LogP contribution is -2.06. The van der Waals surface area contributed by atoms with Gasteiger partial charge in [0.05, 0.1) is 20.8 Å². The zero-order valence-electron chi connectivity index (χ0n) is 10.4. The Morgan fingerprint density at radius 1 is 1.35 bits per heavy atom. The van der Waals surface area contributed by atoms with Gasteiger partial charge in [-0.2, -0.15) is 0 Å². The fraction of sp³-hybridized carbons (Fsp3) is 0.500. The van der Waals surface area contributed by atoms with Gasteiger partial charge in [0.25, 0.3) is 0 Å². The van der Waals surface area contributed by atoms with Crippen molar-refractivity contribution in [3.8, 4) is 11.6 Å². The second kappa shape index (κ2) is 6.73. The van der Waals surface area contributed by atoms with Crippen LogP contribution < -0.4 is 9.47 Å². The van der Waals surface area contributed by atoms with Crippen molar-refractivity contribution in [2.24, 2.45) is 0 Å². The molecule has 17 heavy (non-hydrogen) atoms. The molecule has 1 aromatic rings. The Bertz CT molecular complexity index is 379. The summed E-state index contributed by atoms with van der Waals surface area (Å²) >= 11 is 0. The van der Waals surface area contributed by atoms with Gasteiger partial charge < -0.3 is 14.2 Å². The van der Waals surface area contributed by atoms with Crippen molar-refractivity contribution in [2.45, 2.75) is 19.8 Å². The molecule has 0 aliphatic carbocycles. The molecule has 0 saturated carbocycles. The minimum Gasteiger partial charge on any atom is -0.496 e. The molecule has 5 heteroatoms. The third-order valence-electron chi connectivity index (χ3n) is 2.25. The van der Waals surface area contributed by atoms with Gasteiger partial charge in [-0.3, -0.25) is 4.79 Å². The fourth-order valence-electron chi connectivity index (χ4n) is 1.41. The smallest absolute Gasteiger partial charge is 0.306 e. The van der Waals surface area contributed by atoms with Crippen molar-refractivity contribution >= 4 is 5.97 Å². The lowest BCUT2D eigenvalue weighted by atomic mass is 10.1. The number of aryl methyl sites for hydroxylation is 1. The SMILES string of the molecule is CCOC(=O)CCc1cnc(OC)cc1OC. The van der Waals surface area contributed by atoms with E-state index in [1.165, 1.54) is 0 Å². The molecule has 94 valence electrons. The number of esters is 1. The van der Waals surface area contributed by atoms with Crippen LogP contribution in [-0.4, -0.2) is 31.8 Å². The molecule has 0 N–H and O–H groups in total. The van der Waals surface area contributed by atoms with E-state index in [9.17, 15) is 4.79 Å². The van der Waals surface area contributed by atoms with Crippen molar-refractivity contribution in [3.05, 3.63) is 17.8 Å². The van der Waals surface area contributed by atoms with Crippen LogP contribution in [0.15, 0.2) is 12.3 Å².